The lowest BCUT2D eigenvalue weighted by Gasteiger charge is -2.35. The lowest BCUT2D eigenvalue weighted by atomic mass is 9.70. The van der Waals surface area contributed by atoms with Gasteiger partial charge in [-0.3, -0.25) is 0 Å². The molecule has 11 nitrogen and oxygen atoms in total. The third-order valence-corrected chi connectivity index (χ3v) is 17.6. The van der Waals surface area contributed by atoms with Crippen LogP contribution in [0.15, 0.2) is 273 Å². The largest absolute Gasteiger partial charge is 0.497 e. The summed E-state index contributed by atoms with van der Waals surface area (Å²) >= 11 is 0. The maximum Gasteiger partial charge on any atom is 0.119 e. The Kier molecular flexibility index (Phi) is 15.2. The first-order valence-corrected chi connectivity index (χ1v) is 30.1. The fourth-order valence-electron chi connectivity index (χ4n) is 13.2. The molecule has 12 aromatic carbocycles. The molecule has 0 aliphatic heterocycles. The van der Waals surface area contributed by atoms with Gasteiger partial charge in [0.2, 0.25) is 0 Å². The first-order valence-electron chi connectivity index (χ1n) is 30.1. The molecule has 0 N–H and O–H groups in total. The van der Waals surface area contributed by atoms with Crippen molar-refractivity contribution in [1.82, 2.24) is 0 Å². The summed E-state index contributed by atoms with van der Waals surface area (Å²) in [5.41, 5.74) is 19.6. The van der Waals surface area contributed by atoms with Crippen LogP contribution in [0.1, 0.15) is 22.3 Å². The number of rotatable bonds is 19. The molecule has 0 aromatic heterocycles. The third kappa shape index (κ3) is 10.2. The molecule has 0 fully saturated rings. The summed E-state index contributed by atoms with van der Waals surface area (Å²) in [7, 11) is 11.9. The van der Waals surface area contributed by atoms with Crippen LogP contribution in [0.3, 0.4) is 0 Å². The molecule has 2 aliphatic rings. The number of anilines is 12. The normalized spacial score (nSPS) is 12.0. The lowest BCUT2D eigenvalue weighted by molar-refractivity contribution is 0.414. The summed E-state index contributed by atoms with van der Waals surface area (Å²) in [5.74, 6) is 5.35. The predicted octanol–water partition coefficient (Wildman–Crippen LogP) is 20.0. The Hall–Kier alpha value is -11.6. The second-order valence-electron chi connectivity index (χ2n) is 22.2. The summed E-state index contributed by atoms with van der Waals surface area (Å²) in [4.78, 5) is 9.28. The Morgan fingerprint density at radius 3 is 0.527 bits per heavy atom. The highest BCUT2D eigenvalue weighted by Crippen LogP contribution is 2.65. The van der Waals surface area contributed by atoms with Crippen molar-refractivity contribution in [3.8, 4) is 62.5 Å². The first kappa shape index (κ1) is 57.2. The van der Waals surface area contributed by atoms with Crippen LogP contribution < -0.4 is 52.8 Å². The van der Waals surface area contributed by atoms with E-state index in [2.05, 4.69) is 208 Å². The number of nitrogens with zero attached hydrogens (tertiary/aromatic N) is 4. The van der Waals surface area contributed by atoms with Crippen LogP contribution in [0.25, 0.3) is 22.3 Å². The maximum absolute atomic E-state index is 5.74. The van der Waals surface area contributed by atoms with Crippen molar-refractivity contribution in [2.45, 2.75) is 5.41 Å². The van der Waals surface area contributed by atoms with Gasteiger partial charge in [-0.05, 0) is 275 Å². The van der Waals surface area contributed by atoms with Gasteiger partial charge in [-0.15, -0.1) is 0 Å². The molecule has 0 saturated carbocycles. The van der Waals surface area contributed by atoms with Gasteiger partial charge in [-0.25, -0.2) is 0 Å². The summed E-state index contributed by atoms with van der Waals surface area (Å²) in [5, 5.41) is 0. The van der Waals surface area contributed by atoms with Crippen molar-refractivity contribution in [2.24, 2.45) is 0 Å². The second-order valence-corrected chi connectivity index (χ2v) is 22.2. The zero-order chi connectivity index (χ0) is 62.2. The number of benzene rings is 12. The minimum absolute atomic E-state index is 0.763. The van der Waals surface area contributed by atoms with E-state index in [1.807, 2.05) is 84.9 Å². The molecule has 0 amide bonds. The zero-order valence-electron chi connectivity index (χ0n) is 51.6. The summed E-state index contributed by atoms with van der Waals surface area (Å²) < 4.78 is 40.2. The lowest BCUT2D eigenvalue weighted by Crippen LogP contribution is -2.27. The molecule has 0 heterocycles. The van der Waals surface area contributed by atoms with E-state index in [1.54, 1.807) is 49.8 Å². The Morgan fingerprint density at radius 1 is 0.187 bits per heavy atom. The fourth-order valence-corrected chi connectivity index (χ4v) is 13.2. The van der Waals surface area contributed by atoms with Crippen LogP contribution in [0.4, 0.5) is 68.2 Å². The van der Waals surface area contributed by atoms with E-state index in [0.29, 0.717) is 0 Å². The first-order chi connectivity index (χ1) is 44.7. The van der Waals surface area contributed by atoms with E-state index in [4.69, 9.17) is 33.2 Å². The standard InChI is InChI=1S/C80H66N4O7/c1-85-65-31-13-54(14-32-65)81(53-11-9-8-10-12-53)61-27-45-72-73-46-28-62(82(55-15-33-66(86-2)34-16-55)56-17-35-67(87-3)36-18-56)50-77(73)80(76(72)49-61)78-51-63(83(57-19-37-68(88-4)38-20-57)58-21-39-69(89-5)40-22-58)29-47-74(78)75-48-30-64(52-79(75)80)84(59-23-41-70(90-6)42-24-59)60-25-43-71(91-7)44-26-60/h8-52H,1-7H3. The second kappa shape index (κ2) is 24.2. The number of hydrogen-bond donors (Lipinski definition) is 0. The monoisotopic (exact) mass is 1190 g/mol. The molecule has 0 unspecified atom stereocenters. The van der Waals surface area contributed by atoms with Crippen LogP contribution in [0.5, 0.6) is 40.2 Å². The molecule has 0 radical (unpaired) electrons. The molecule has 91 heavy (non-hydrogen) atoms. The van der Waals surface area contributed by atoms with E-state index < -0.39 is 5.41 Å². The van der Waals surface area contributed by atoms with E-state index in [1.165, 1.54) is 0 Å². The van der Waals surface area contributed by atoms with Crippen LogP contribution in [0, 0.1) is 0 Å². The van der Waals surface area contributed by atoms with Gasteiger partial charge in [0.25, 0.3) is 0 Å². The van der Waals surface area contributed by atoms with Gasteiger partial charge in [0.1, 0.15) is 40.2 Å². The van der Waals surface area contributed by atoms with E-state index >= 15 is 0 Å². The summed E-state index contributed by atoms with van der Waals surface area (Å²) in [6, 6.07) is 96.5. The number of hydrogen-bond acceptors (Lipinski definition) is 11. The van der Waals surface area contributed by atoms with Crippen molar-refractivity contribution in [3.05, 3.63) is 295 Å². The van der Waals surface area contributed by atoms with Crippen LogP contribution in [-0.2, 0) is 5.41 Å². The van der Waals surface area contributed by atoms with Crippen molar-refractivity contribution in [1.29, 1.82) is 0 Å². The molecular formula is C80H66N4O7. The molecule has 0 saturated heterocycles. The van der Waals surface area contributed by atoms with E-state index in [9.17, 15) is 0 Å². The minimum atomic E-state index is -0.988. The molecule has 0 atom stereocenters. The average Bonchev–Trinajstić information content (AvgIpc) is 1.51. The maximum atomic E-state index is 5.74. The molecule has 448 valence electrons. The number of methoxy groups -OCH3 is 7. The highest BCUT2D eigenvalue weighted by molar-refractivity contribution is 6.00. The van der Waals surface area contributed by atoms with E-state index in [0.717, 1.165) is 153 Å². The molecule has 14 rings (SSSR count). The van der Waals surface area contributed by atoms with Gasteiger partial charge < -0.3 is 52.8 Å². The van der Waals surface area contributed by atoms with Gasteiger partial charge in [0.15, 0.2) is 0 Å². The molecular weight excluding hydrogens is 1130 g/mol. The summed E-state index contributed by atoms with van der Waals surface area (Å²) in [6.07, 6.45) is 0. The zero-order valence-corrected chi connectivity index (χ0v) is 51.6. The van der Waals surface area contributed by atoms with Crippen molar-refractivity contribution in [3.63, 3.8) is 0 Å². The van der Waals surface area contributed by atoms with Crippen LogP contribution in [0.2, 0.25) is 0 Å². The van der Waals surface area contributed by atoms with Gasteiger partial charge in [-0.1, -0.05) is 42.5 Å². The van der Waals surface area contributed by atoms with Crippen LogP contribution in [-0.4, -0.2) is 49.8 Å². The quantitative estimate of drug-likeness (QED) is 0.0777. The topological polar surface area (TPSA) is 77.6 Å². The Bertz CT molecular complexity index is 4120. The Balaban J connectivity index is 1.10. The molecule has 0 bridgehead atoms. The number of para-hydroxylation sites is 1. The molecule has 12 aromatic rings. The minimum Gasteiger partial charge on any atom is -0.497 e. The predicted molar refractivity (Wildman–Crippen MR) is 367 cm³/mol. The van der Waals surface area contributed by atoms with Gasteiger partial charge in [0.05, 0.1) is 55.2 Å². The van der Waals surface area contributed by atoms with Gasteiger partial charge >= 0.3 is 0 Å². The highest BCUT2D eigenvalue weighted by Gasteiger charge is 2.53. The van der Waals surface area contributed by atoms with Gasteiger partial charge in [-0.2, -0.15) is 0 Å². The van der Waals surface area contributed by atoms with Crippen molar-refractivity contribution < 1.29 is 33.2 Å². The summed E-state index contributed by atoms with van der Waals surface area (Å²) in [6.45, 7) is 0. The molecule has 1 spiro atoms. The average molecular weight is 1200 g/mol. The molecule has 2 aliphatic carbocycles. The van der Waals surface area contributed by atoms with Crippen molar-refractivity contribution >= 4 is 68.2 Å². The number of fused-ring (bicyclic) bond motifs is 10. The van der Waals surface area contributed by atoms with Crippen molar-refractivity contribution in [2.75, 3.05) is 69.4 Å². The molecule has 11 heteroatoms. The third-order valence-electron chi connectivity index (χ3n) is 17.6. The Labute approximate surface area is 531 Å². The SMILES string of the molecule is COc1ccc(N(c2ccccc2)c2ccc3c(c2)C2(c4cc(N(c5ccc(OC)cc5)c5ccc(OC)cc5)ccc4-3)c3cc(N(c4ccc(OC)cc4)c4ccc(OC)cc4)ccc3-c3ccc(N(c4ccc(OC)cc4)c4ccc(OC)cc4)cc32)cc1. The fraction of sp³-hybridized carbons (Fsp3) is 0.100. The smallest absolute Gasteiger partial charge is 0.119 e. The van der Waals surface area contributed by atoms with Crippen LogP contribution >= 0.6 is 0 Å². The van der Waals surface area contributed by atoms with Gasteiger partial charge in [0, 0.05) is 68.2 Å². The highest BCUT2D eigenvalue weighted by atomic mass is 16.5. The number of ether oxygens (including phenoxy) is 7. The van der Waals surface area contributed by atoms with E-state index in [-0.39, 0.29) is 0 Å². The Morgan fingerprint density at radius 2 is 0.352 bits per heavy atom.